The number of hydrogen-bond donors (Lipinski definition) is 1. The molecule has 0 aliphatic carbocycles. The van der Waals surface area contributed by atoms with Crippen LogP contribution in [0.2, 0.25) is 0 Å². The third-order valence-electron chi connectivity index (χ3n) is 2.95. The number of nitrogens with zero attached hydrogens (tertiary/aromatic N) is 2. The standard InChI is InChI=1S/C13H14N2O5S/c1-15-11(8-6-4-5-7-9(8)20-2)10(12(16)17)14-13(15)21(3,18)19/h4-7H,1-3H3,(H,16,17). The minimum Gasteiger partial charge on any atom is -0.496 e. The van der Waals surface area contributed by atoms with Crippen molar-refractivity contribution in [1.82, 2.24) is 9.55 Å². The molecule has 1 N–H and O–H groups in total. The molecule has 0 radical (unpaired) electrons. The van der Waals surface area contributed by atoms with E-state index in [1.807, 2.05) is 0 Å². The number of carboxylic acids is 1. The fourth-order valence-electron chi connectivity index (χ4n) is 2.11. The predicted octanol–water partition coefficient (Wildman–Crippen LogP) is 1.20. The Balaban J connectivity index is 2.85. The van der Waals surface area contributed by atoms with Crippen LogP contribution in [0.4, 0.5) is 0 Å². The number of para-hydroxylation sites is 1. The summed E-state index contributed by atoms with van der Waals surface area (Å²) in [7, 11) is -0.741. The molecule has 0 atom stereocenters. The summed E-state index contributed by atoms with van der Waals surface area (Å²) in [5.74, 6) is -0.871. The first-order valence-corrected chi connectivity index (χ1v) is 7.80. The van der Waals surface area contributed by atoms with Crippen molar-refractivity contribution in [3.05, 3.63) is 30.0 Å². The van der Waals surface area contributed by atoms with E-state index in [4.69, 9.17) is 4.74 Å². The van der Waals surface area contributed by atoms with Gasteiger partial charge in [0.2, 0.25) is 15.0 Å². The average Bonchev–Trinajstić information content (AvgIpc) is 2.76. The molecule has 0 aliphatic heterocycles. The predicted molar refractivity (Wildman–Crippen MR) is 75.3 cm³/mol. The maximum atomic E-state index is 11.7. The van der Waals surface area contributed by atoms with E-state index in [-0.39, 0.29) is 16.5 Å². The van der Waals surface area contributed by atoms with Gasteiger partial charge in [0.05, 0.1) is 12.8 Å². The Morgan fingerprint density at radius 1 is 1.33 bits per heavy atom. The molecule has 8 heteroatoms. The summed E-state index contributed by atoms with van der Waals surface area (Å²) in [6, 6.07) is 6.75. The second kappa shape index (κ2) is 5.21. The normalized spacial score (nSPS) is 11.4. The van der Waals surface area contributed by atoms with Crippen LogP contribution in [0.3, 0.4) is 0 Å². The molecule has 0 saturated heterocycles. The van der Waals surface area contributed by atoms with Crippen molar-refractivity contribution >= 4 is 15.8 Å². The molecule has 2 rings (SSSR count). The van der Waals surface area contributed by atoms with Gasteiger partial charge in [0.15, 0.2) is 5.69 Å². The van der Waals surface area contributed by atoms with Crippen molar-refractivity contribution < 1.29 is 23.1 Å². The number of imidazole rings is 1. The minimum absolute atomic E-state index is 0.181. The fraction of sp³-hybridized carbons (Fsp3) is 0.231. The first kappa shape index (κ1) is 15.0. The highest BCUT2D eigenvalue weighted by molar-refractivity contribution is 7.90. The van der Waals surface area contributed by atoms with Crippen LogP contribution in [0.5, 0.6) is 5.75 Å². The lowest BCUT2D eigenvalue weighted by Gasteiger charge is -2.10. The third kappa shape index (κ3) is 2.62. The molecule has 0 amide bonds. The smallest absolute Gasteiger partial charge is 0.356 e. The molecule has 0 saturated carbocycles. The Morgan fingerprint density at radius 3 is 2.48 bits per heavy atom. The van der Waals surface area contributed by atoms with E-state index in [0.29, 0.717) is 11.3 Å². The molecule has 0 spiro atoms. The lowest BCUT2D eigenvalue weighted by Crippen LogP contribution is -2.06. The van der Waals surface area contributed by atoms with Gasteiger partial charge in [0.25, 0.3) is 0 Å². The van der Waals surface area contributed by atoms with E-state index in [9.17, 15) is 18.3 Å². The average molecular weight is 310 g/mol. The van der Waals surface area contributed by atoms with Crippen LogP contribution in [0.1, 0.15) is 10.5 Å². The van der Waals surface area contributed by atoms with Gasteiger partial charge in [-0.15, -0.1) is 0 Å². The van der Waals surface area contributed by atoms with Crippen LogP contribution >= 0.6 is 0 Å². The highest BCUT2D eigenvalue weighted by Crippen LogP contribution is 2.33. The minimum atomic E-state index is -3.65. The van der Waals surface area contributed by atoms with Crippen LogP contribution in [-0.4, -0.2) is 42.4 Å². The number of sulfone groups is 1. The van der Waals surface area contributed by atoms with E-state index >= 15 is 0 Å². The second-order valence-corrected chi connectivity index (χ2v) is 6.34. The zero-order valence-corrected chi connectivity index (χ0v) is 12.5. The van der Waals surface area contributed by atoms with Crippen LogP contribution in [0, 0.1) is 0 Å². The van der Waals surface area contributed by atoms with Gasteiger partial charge in [0, 0.05) is 18.9 Å². The van der Waals surface area contributed by atoms with E-state index in [1.54, 1.807) is 24.3 Å². The van der Waals surface area contributed by atoms with Crippen LogP contribution < -0.4 is 4.74 Å². The number of carboxylic acid groups (broad SMARTS) is 1. The second-order valence-electron chi connectivity index (χ2n) is 4.43. The Labute approximate surface area is 121 Å². The summed E-state index contributed by atoms with van der Waals surface area (Å²) < 4.78 is 29.9. The molecule has 112 valence electrons. The summed E-state index contributed by atoms with van der Waals surface area (Å²) in [6.45, 7) is 0. The van der Waals surface area contributed by atoms with Gasteiger partial charge in [-0.3, -0.25) is 0 Å². The van der Waals surface area contributed by atoms with E-state index < -0.39 is 15.8 Å². The number of hydrogen-bond acceptors (Lipinski definition) is 5. The third-order valence-corrected chi connectivity index (χ3v) is 3.98. The molecule has 7 nitrogen and oxygen atoms in total. The molecular weight excluding hydrogens is 296 g/mol. The van der Waals surface area contributed by atoms with Crippen molar-refractivity contribution in [3.8, 4) is 17.0 Å². The molecule has 1 aromatic carbocycles. The number of aromatic nitrogens is 2. The lowest BCUT2D eigenvalue weighted by molar-refractivity contribution is 0.0691. The molecule has 1 heterocycles. The summed E-state index contributed by atoms with van der Waals surface area (Å²) in [6.07, 6.45) is 0.979. The van der Waals surface area contributed by atoms with Crippen molar-refractivity contribution in [2.45, 2.75) is 5.16 Å². The maximum Gasteiger partial charge on any atom is 0.356 e. The summed E-state index contributed by atoms with van der Waals surface area (Å²) in [5, 5.41) is 8.98. The number of benzene rings is 1. The van der Waals surface area contributed by atoms with Gasteiger partial charge in [-0.2, -0.15) is 0 Å². The Hall–Kier alpha value is -2.35. The maximum absolute atomic E-state index is 11.7. The molecule has 0 aliphatic rings. The van der Waals surface area contributed by atoms with E-state index in [1.165, 1.54) is 18.7 Å². The Bertz CT molecular complexity index is 808. The molecule has 0 bridgehead atoms. The zero-order chi connectivity index (χ0) is 15.8. The molecule has 2 aromatic rings. The van der Waals surface area contributed by atoms with Gasteiger partial charge in [0.1, 0.15) is 5.75 Å². The largest absolute Gasteiger partial charge is 0.496 e. The van der Waals surface area contributed by atoms with Crippen molar-refractivity contribution in [3.63, 3.8) is 0 Å². The van der Waals surface area contributed by atoms with Crippen molar-refractivity contribution in [2.24, 2.45) is 7.05 Å². The molecule has 0 unspecified atom stereocenters. The van der Waals surface area contributed by atoms with Crippen molar-refractivity contribution in [2.75, 3.05) is 13.4 Å². The van der Waals surface area contributed by atoms with Gasteiger partial charge in [-0.25, -0.2) is 18.2 Å². The van der Waals surface area contributed by atoms with E-state index in [2.05, 4.69) is 4.98 Å². The quantitative estimate of drug-likeness (QED) is 0.911. The van der Waals surface area contributed by atoms with Gasteiger partial charge >= 0.3 is 5.97 Å². The SMILES string of the molecule is COc1ccccc1-c1c(C(=O)O)nc(S(C)(=O)=O)n1C. The highest BCUT2D eigenvalue weighted by atomic mass is 32.2. The summed E-state index contributed by atoms with van der Waals surface area (Å²) in [5.41, 5.74) is 0.310. The first-order valence-electron chi connectivity index (χ1n) is 5.90. The number of methoxy groups -OCH3 is 1. The van der Waals surface area contributed by atoms with Gasteiger partial charge < -0.3 is 14.4 Å². The van der Waals surface area contributed by atoms with Crippen molar-refractivity contribution in [1.29, 1.82) is 0 Å². The van der Waals surface area contributed by atoms with Crippen LogP contribution in [-0.2, 0) is 16.9 Å². The fourth-order valence-corrected chi connectivity index (χ4v) is 2.95. The van der Waals surface area contributed by atoms with Gasteiger partial charge in [-0.1, -0.05) is 12.1 Å². The molecule has 0 fully saturated rings. The van der Waals surface area contributed by atoms with Crippen LogP contribution in [0.15, 0.2) is 29.4 Å². The number of rotatable bonds is 4. The number of aromatic carboxylic acids is 1. The summed E-state index contributed by atoms with van der Waals surface area (Å²) >= 11 is 0. The van der Waals surface area contributed by atoms with E-state index in [0.717, 1.165) is 6.26 Å². The number of carbonyl (C=O) groups is 1. The zero-order valence-electron chi connectivity index (χ0n) is 11.7. The Morgan fingerprint density at radius 2 is 1.95 bits per heavy atom. The topological polar surface area (TPSA) is 98.5 Å². The lowest BCUT2D eigenvalue weighted by atomic mass is 10.1. The van der Waals surface area contributed by atoms with Gasteiger partial charge in [-0.05, 0) is 12.1 Å². The molecule has 1 aromatic heterocycles. The molecular formula is C13H14N2O5S. The Kier molecular flexibility index (Phi) is 3.73. The monoisotopic (exact) mass is 310 g/mol. The first-order chi connectivity index (χ1) is 9.77. The van der Waals surface area contributed by atoms with Crippen LogP contribution in [0.25, 0.3) is 11.3 Å². The number of ether oxygens (including phenoxy) is 1. The summed E-state index contributed by atoms with van der Waals surface area (Å²) in [4.78, 5) is 15.1. The highest BCUT2D eigenvalue weighted by Gasteiger charge is 2.27. The molecule has 21 heavy (non-hydrogen) atoms.